The number of carbonyl (C=O) groups is 2. The molecule has 1 fully saturated rings. The van der Waals surface area contributed by atoms with Crippen molar-refractivity contribution < 1.29 is 14.7 Å². The van der Waals surface area contributed by atoms with Crippen LogP contribution in [0.3, 0.4) is 0 Å². The molecule has 0 aliphatic carbocycles. The first-order valence-corrected chi connectivity index (χ1v) is 11.3. The molecule has 1 aliphatic heterocycles. The minimum absolute atomic E-state index is 0.328. The summed E-state index contributed by atoms with van der Waals surface area (Å²) < 4.78 is 0. The first-order valence-electron chi connectivity index (χ1n) is 10.9. The van der Waals surface area contributed by atoms with Gasteiger partial charge in [0.05, 0.1) is 16.0 Å². The van der Waals surface area contributed by atoms with E-state index in [9.17, 15) is 14.7 Å². The van der Waals surface area contributed by atoms with Gasteiger partial charge in [-0.25, -0.2) is 4.98 Å². The Balaban J connectivity index is 1.42. The van der Waals surface area contributed by atoms with Gasteiger partial charge in [0.15, 0.2) is 0 Å². The van der Waals surface area contributed by atoms with Crippen molar-refractivity contribution in [3.63, 3.8) is 0 Å². The first-order chi connectivity index (χ1) is 15.9. The van der Waals surface area contributed by atoms with Crippen LogP contribution in [-0.2, 0) is 11.3 Å². The maximum absolute atomic E-state index is 12.9. The molecule has 1 aromatic heterocycles. The molecule has 3 aromatic rings. The Morgan fingerprint density at radius 2 is 1.91 bits per heavy atom. The number of nitrogens with zero attached hydrogens (tertiary/aromatic N) is 2. The molecule has 6 nitrogen and oxygen atoms in total. The molecule has 1 atom stereocenters. The lowest BCUT2D eigenvalue weighted by atomic mass is 9.82. The summed E-state index contributed by atoms with van der Waals surface area (Å²) in [5.41, 5.74) is 2.36. The molecule has 2 heterocycles. The lowest BCUT2D eigenvalue weighted by Gasteiger charge is -2.37. The maximum atomic E-state index is 12.9. The standard InChI is InChI=1S/C26H26ClN3O3/c1-26(25(32)33)13-6-14-30(17-26)16-18-11-12-22(28-15-18)29-24(31)21-10-5-9-20(23(21)27)19-7-3-2-4-8-19/h2-5,7-12,15H,6,13-14,16-17H2,1H3,(H,32,33)(H,28,29,31)/t26-/m0/s1. The lowest BCUT2D eigenvalue weighted by molar-refractivity contribution is -0.151. The van der Waals surface area contributed by atoms with Gasteiger partial charge in [0, 0.05) is 24.8 Å². The Kier molecular flexibility index (Phi) is 6.77. The number of nitrogens with one attached hydrogen (secondary N) is 1. The Bertz CT molecular complexity index is 1150. The number of anilines is 1. The molecule has 0 unspecified atom stereocenters. The van der Waals surface area contributed by atoms with E-state index in [2.05, 4.69) is 15.2 Å². The second-order valence-corrected chi connectivity index (χ2v) is 9.10. The molecule has 1 amide bonds. The summed E-state index contributed by atoms with van der Waals surface area (Å²) >= 11 is 6.55. The highest BCUT2D eigenvalue weighted by Gasteiger charge is 2.37. The molecule has 0 bridgehead atoms. The van der Waals surface area contributed by atoms with E-state index in [0.29, 0.717) is 35.9 Å². The topological polar surface area (TPSA) is 82.5 Å². The van der Waals surface area contributed by atoms with Crippen molar-refractivity contribution in [1.29, 1.82) is 0 Å². The average molecular weight is 464 g/mol. The summed E-state index contributed by atoms with van der Waals surface area (Å²) in [6, 6.07) is 18.7. The maximum Gasteiger partial charge on any atom is 0.310 e. The van der Waals surface area contributed by atoms with Crippen LogP contribution in [0.25, 0.3) is 11.1 Å². The monoisotopic (exact) mass is 463 g/mol. The Morgan fingerprint density at radius 3 is 2.61 bits per heavy atom. The van der Waals surface area contributed by atoms with Gasteiger partial charge in [-0.15, -0.1) is 0 Å². The summed E-state index contributed by atoms with van der Waals surface area (Å²) in [6.45, 7) is 3.79. The number of benzene rings is 2. The molecule has 2 N–H and O–H groups in total. The van der Waals surface area contributed by atoms with E-state index in [1.807, 2.05) is 48.5 Å². The molecular formula is C26H26ClN3O3. The summed E-state index contributed by atoms with van der Waals surface area (Å²) in [5, 5.41) is 12.7. The fourth-order valence-corrected chi connectivity index (χ4v) is 4.56. The fraction of sp³-hybridized carbons (Fsp3) is 0.269. The van der Waals surface area contributed by atoms with Crippen molar-refractivity contribution in [2.45, 2.75) is 26.3 Å². The average Bonchev–Trinajstić information content (AvgIpc) is 2.81. The number of carboxylic acid groups (broad SMARTS) is 1. The molecule has 33 heavy (non-hydrogen) atoms. The van der Waals surface area contributed by atoms with Crippen LogP contribution in [0.2, 0.25) is 5.02 Å². The summed E-state index contributed by atoms with van der Waals surface area (Å²) in [5.74, 6) is -0.649. The smallest absolute Gasteiger partial charge is 0.310 e. The number of piperidine rings is 1. The molecule has 4 rings (SSSR count). The van der Waals surface area contributed by atoms with Gasteiger partial charge in [0.2, 0.25) is 0 Å². The van der Waals surface area contributed by atoms with Crippen LogP contribution in [0.4, 0.5) is 5.82 Å². The third kappa shape index (κ3) is 5.24. The Morgan fingerprint density at radius 1 is 1.12 bits per heavy atom. The number of amides is 1. The van der Waals surface area contributed by atoms with Gasteiger partial charge in [0.1, 0.15) is 5.82 Å². The van der Waals surface area contributed by atoms with Crippen molar-refractivity contribution in [2.75, 3.05) is 18.4 Å². The second-order valence-electron chi connectivity index (χ2n) is 8.72. The van der Waals surface area contributed by atoms with Gasteiger partial charge in [-0.3, -0.25) is 14.5 Å². The fourth-order valence-electron chi connectivity index (χ4n) is 4.24. The first kappa shape index (κ1) is 23.0. The number of halogens is 1. The van der Waals surface area contributed by atoms with Gasteiger partial charge < -0.3 is 10.4 Å². The molecule has 1 saturated heterocycles. The van der Waals surface area contributed by atoms with Crippen LogP contribution >= 0.6 is 11.6 Å². The van der Waals surface area contributed by atoms with Gasteiger partial charge in [-0.1, -0.05) is 60.1 Å². The van der Waals surface area contributed by atoms with Crippen molar-refractivity contribution in [2.24, 2.45) is 5.41 Å². The zero-order chi connectivity index (χ0) is 23.4. The van der Waals surface area contributed by atoms with Crippen LogP contribution in [0.1, 0.15) is 35.7 Å². The van der Waals surface area contributed by atoms with Gasteiger partial charge in [-0.2, -0.15) is 0 Å². The van der Waals surface area contributed by atoms with Crippen LogP contribution < -0.4 is 5.32 Å². The predicted molar refractivity (Wildman–Crippen MR) is 129 cm³/mol. The molecule has 170 valence electrons. The van der Waals surface area contributed by atoms with Crippen molar-refractivity contribution >= 4 is 29.3 Å². The minimum Gasteiger partial charge on any atom is -0.481 e. The zero-order valence-electron chi connectivity index (χ0n) is 18.4. The zero-order valence-corrected chi connectivity index (χ0v) is 19.2. The molecule has 0 spiro atoms. The van der Waals surface area contributed by atoms with E-state index in [1.165, 1.54) is 0 Å². The third-order valence-electron chi connectivity index (χ3n) is 6.09. The van der Waals surface area contributed by atoms with E-state index in [1.54, 1.807) is 25.3 Å². The van der Waals surface area contributed by atoms with E-state index in [4.69, 9.17) is 11.6 Å². The minimum atomic E-state index is -0.752. The summed E-state index contributed by atoms with van der Waals surface area (Å²) in [6.07, 6.45) is 3.26. The van der Waals surface area contributed by atoms with Gasteiger partial charge >= 0.3 is 5.97 Å². The number of hydrogen-bond donors (Lipinski definition) is 2. The molecule has 1 aliphatic rings. The van der Waals surface area contributed by atoms with Crippen LogP contribution in [0.15, 0.2) is 66.9 Å². The van der Waals surface area contributed by atoms with Crippen molar-refractivity contribution in [3.8, 4) is 11.1 Å². The SMILES string of the molecule is C[C@]1(C(=O)O)CCCN(Cc2ccc(NC(=O)c3cccc(-c4ccccc4)c3Cl)nc2)C1. The quantitative estimate of drug-likeness (QED) is 0.515. The lowest BCUT2D eigenvalue weighted by Crippen LogP contribution is -2.45. The van der Waals surface area contributed by atoms with E-state index < -0.39 is 11.4 Å². The number of rotatable bonds is 6. The molecule has 2 aromatic carbocycles. The predicted octanol–water partition coefficient (Wildman–Crippen LogP) is 5.34. The van der Waals surface area contributed by atoms with Gasteiger partial charge in [-0.05, 0) is 49.6 Å². The third-order valence-corrected chi connectivity index (χ3v) is 6.50. The van der Waals surface area contributed by atoms with Gasteiger partial charge in [0.25, 0.3) is 5.91 Å². The molecule has 0 saturated carbocycles. The van der Waals surface area contributed by atoms with Crippen molar-refractivity contribution in [1.82, 2.24) is 9.88 Å². The number of likely N-dealkylation sites (tertiary alicyclic amines) is 1. The highest BCUT2D eigenvalue weighted by atomic mass is 35.5. The molecule has 7 heteroatoms. The summed E-state index contributed by atoms with van der Waals surface area (Å²) in [4.78, 5) is 30.9. The number of carboxylic acids is 1. The van der Waals surface area contributed by atoms with Crippen molar-refractivity contribution in [3.05, 3.63) is 83.0 Å². The second kappa shape index (κ2) is 9.73. The van der Waals surface area contributed by atoms with E-state index in [-0.39, 0.29) is 5.91 Å². The highest BCUT2D eigenvalue weighted by molar-refractivity contribution is 6.37. The number of hydrogen-bond acceptors (Lipinski definition) is 4. The Labute approximate surface area is 198 Å². The molecule has 0 radical (unpaired) electrons. The normalized spacial score (nSPS) is 18.6. The highest BCUT2D eigenvalue weighted by Crippen LogP contribution is 2.32. The van der Waals surface area contributed by atoms with E-state index in [0.717, 1.165) is 29.7 Å². The van der Waals surface area contributed by atoms with Crippen LogP contribution in [-0.4, -0.2) is 40.0 Å². The number of pyridine rings is 1. The van der Waals surface area contributed by atoms with E-state index >= 15 is 0 Å². The molecular weight excluding hydrogens is 438 g/mol. The van der Waals surface area contributed by atoms with Crippen LogP contribution in [0.5, 0.6) is 0 Å². The largest absolute Gasteiger partial charge is 0.481 e. The number of aromatic nitrogens is 1. The number of aliphatic carboxylic acids is 1. The van der Waals surface area contributed by atoms with Crippen LogP contribution in [0, 0.1) is 5.41 Å². The number of carbonyl (C=O) groups excluding carboxylic acids is 1. The Hall–Kier alpha value is -3.22. The summed E-state index contributed by atoms with van der Waals surface area (Å²) in [7, 11) is 0.